The summed E-state index contributed by atoms with van der Waals surface area (Å²) in [6, 6.07) is 20.3. The zero-order valence-corrected chi connectivity index (χ0v) is 25.5. The second-order valence-corrected chi connectivity index (χ2v) is 13.1. The number of nitro benzene ring substituents is 1. The Morgan fingerprint density at radius 3 is 2.30 bits per heavy atom. The van der Waals surface area contributed by atoms with E-state index < -0.39 is 33.4 Å². The van der Waals surface area contributed by atoms with Gasteiger partial charge in [-0.3, -0.25) is 24.0 Å². The largest absolute Gasteiger partial charge is 0.352 e. The minimum atomic E-state index is -4.05. The molecule has 3 aromatic rings. The van der Waals surface area contributed by atoms with Crippen LogP contribution >= 0.6 is 11.6 Å². The summed E-state index contributed by atoms with van der Waals surface area (Å²) in [5, 5.41) is 15.0. The van der Waals surface area contributed by atoms with Gasteiger partial charge < -0.3 is 10.2 Å². The van der Waals surface area contributed by atoms with Gasteiger partial charge in [0.2, 0.25) is 21.8 Å². The Labute approximate surface area is 256 Å². The zero-order chi connectivity index (χ0) is 31.0. The summed E-state index contributed by atoms with van der Waals surface area (Å²) in [4.78, 5) is 40.3. The van der Waals surface area contributed by atoms with Crippen LogP contribution in [-0.4, -0.2) is 54.9 Å². The van der Waals surface area contributed by atoms with Crippen LogP contribution in [0.1, 0.15) is 43.2 Å². The first kappa shape index (κ1) is 32.0. The molecule has 10 nitrogen and oxygen atoms in total. The molecule has 43 heavy (non-hydrogen) atoms. The molecule has 4 rings (SSSR count). The van der Waals surface area contributed by atoms with Gasteiger partial charge in [-0.2, -0.15) is 0 Å². The summed E-state index contributed by atoms with van der Waals surface area (Å²) < 4.78 is 26.7. The maximum Gasteiger partial charge on any atom is 0.271 e. The van der Waals surface area contributed by atoms with Crippen LogP contribution in [-0.2, 0) is 32.6 Å². The number of nitrogens with one attached hydrogen (secondary N) is 1. The highest BCUT2D eigenvalue weighted by Crippen LogP contribution is 2.25. The van der Waals surface area contributed by atoms with Crippen LogP contribution in [0.4, 0.5) is 11.4 Å². The third-order valence-corrected chi connectivity index (χ3v) is 8.85. The number of hydrogen-bond acceptors (Lipinski definition) is 6. The van der Waals surface area contributed by atoms with E-state index in [-0.39, 0.29) is 36.3 Å². The van der Waals surface area contributed by atoms with Crippen molar-refractivity contribution < 1.29 is 22.9 Å². The number of nitro groups is 1. The highest BCUT2D eigenvalue weighted by molar-refractivity contribution is 7.92. The molecule has 1 aliphatic carbocycles. The maximum absolute atomic E-state index is 14.2. The van der Waals surface area contributed by atoms with Gasteiger partial charge in [0.05, 0.1) is 16.9 Å². The van der Waals surface area contributed by atoms with Crippen LogP contribution in [0.25, 0.3) is 0 Å². The van der Waals surface area contributed by atoms with Crippen molar-refractivity contribution in [2.75, 3.05) is 17.1 Å². The Bertz CT molecular complexity index is 1550. The van der Waals surface area contributed by atoms with E-state index in [1.165, 1.54) is 23.1 Å². The standard InChI is InChI=1S/C31H35ClN4O6S/c1-43(41,42)35(27-16-9-17-28(20-27)36(39)40)22-30(37)34(21-24-12-8-13-25(32)18-24)29(19-23-10-4-2-5-11-23)31(38)33-26-14-6-3-7-15-26/h2,4-5,8-13,16-18,20,26,29H,3,6-7,14-15,19,21-22H2,1H3,(H,33,38). The van der Waals surface area contributed by atoms with Crippen molar-refractivity contribution in [1.29, 1.82) is 0 Å². The highest BCUT2D eigenvalue weighted by Gasteiger charge is 2.34. The minimum absolute atomic E-state index is 0.0124. The number of rotatable bonds is 12. The van der Waals surface area contributed by atoms with Crippen molar-refractivity contribution in [2.45, 2.75) is 57.2 Å². The van der Waals surface area contributed by atoms with Gasteiger partial charge in [-0.25, -0.2) is 8.42 Å². The van der Waals surface area contributed by atoms with E-state index in [9.17, 15) is 28.1 Å². The summed E-state index contributed by atoms with van der Waals surface area (Å²) in [6.07, 6.45) is 5.94. The SMILES string of the molecule is CS(=O)(=O)N(CC(=O)N(Cc1cccc(Cl)c1)C(Cc1ccccc1)C(=O)NC1CCCCC1)c1cccc([N+](=O)[O-])c1. The summed E-state index contributed by atoms with van der Waals surface area (Å²) in [5.41, 5.74) is 1.14. The molecule has 0 aromatic heterocycles. The fourth-order valence-electron chi connectivity index (χ4n) is 5.31. The molecule has 12 heteroatoms. The van der Waals surface area contributed by atoms with E-state index in [0.29, 0.717) is 10.6 Å². The number of non-ortho nitro benzene ring substituents is 1. The van der Waals surface area contributed by atoms with Crippen molar-refractivity contribution >= 4 is 44.8 Å². The molecule has 0 bridgehead atoms. The summed E-state index contributed by atoms with van der Waals surface area (Å²) in [6.45, 7) is -0.677. The highest BCUT2D eigenvalue weighted by atomic mass is 35.5. The maximum atomic E-state index is 14.2. The van der Waals surface area contributed by atoms with Crippen LogP contribution in [0.2, 0.25) is 5.02 Å². The van der Waals surface area contributed by atoms with Crippen molar-refractivity contribution in [3.05, 3.63) is 105 Å². The average Bonchev–Trinajstić information content (AvgIpc) is 2.98. The van der Waals surface area contributed by atoms with Crippen LogP contribution in [0, 0.1) is 10.1 Å². The van der Waals surface area contributed by atoms with E-state index >= 15 is 0 Å². The topological polar surface area (TPSA) is 130 Å². The summed E-state index contributed by atoms with van der Waals surface area (Å²) in [7, 11) is -4.05. The Hall–Kier alpha value is -3.96. The number of anilines is 1. The predicted molar refractivity (Wildman–Crippen MR) is 166 cm³/mol. The molecule has 0 spiro atoms. The molecule has 228 valence electrons. The Morgan fingerprint density at radius 2 is 1.65 bits per heavy atom. The number of halogens is 1. The third-order valence-electron chi connectivity index (χ3n) is 7.47. The van der Waals surface area contributed by atoms with Gasteiger partial charge in [0.15, 0.2) is 0 Å². The molecule has 1 unspecified atom stereocenters. The molecule has 1 saturated carbocycles. The lowest BCUT2D eigenvalue weighted by molar-refractivity contribution is -0.384. The summed E-state index contributed by atoms with van der Waals surface area (Å²) in [5.74, 6) is -0.969. The number of carbonyl (C=O) groups is 2. The molecule has 1 aliphatic rings. The molecule has 1 atom stereocenters. The first-order chi connectivity index (χ1) is 20.5. The number of carbonyl (C=O) groups excluding carboxylic acids is 2. The van der Waals surface area contributed by atoms with Gasteiger partial charge in [-0.05, 0) is 42.2 Å². The smallest absolute Gasteiger partial charge is 0.271 e. The van der Waals surface area contributed by atoms with Gasteiger partial charge in [-0.15, -0.1) is 0 Å². The van der Waals surface area contributed by atoms with Crippen LogP contribution in [0.3, 0.4) is 0 Å². The van der Waals surface area contributed by atoms with Crippen LogP contribution in [0.15, 0.2) is 78.9 Å². The lowest BCUT2D eigenvalue weighted by Gasteiger charge is -2.35. The molecule has 0 radical (unpaired) electrons. The van der Waals surface area contributed by atoms with Gasteiger partial charge in [0.25, 0.3) is 5.69 Å². The van der Waals surface area contributed by atoms with Gasteiger partial charge in [-0.1, -0.05) is 79.4 Å². The second-order valence-electron chi connectivity index (χ2n) is 10.7. The Balaban J connectivity index is 1.73. The van der Waals surface area contributed by atoms with Gasteiger partial charge in [0.1, 0.15) is 12.6 Å². The summed E-state index contributed by atoms with van der Waals surface area (Å²) >= 11 is 6.25. The van der Waals surface area contributed by atoms with Gasteiger partial charge in [0, 0.05) is 36.2 Å². The molecule has 0 heterocycles. The molecule has 3 aromatic carbocycles. The van der Waals surface area contributed by atoms with Crippen molar-refractivity contribution in [2.24, 2.45) is 0 Å². The fraction of sp³-hybridized carbons (Fsp3) is 0.355. The first-order valence-electron chi connectivity index (χ1n) is 14.1. The average molecular weight is 627 g/mol. The molecule has 1 fully saturated rings. The van der Waals surface area contributed by atoms with Crippen LogP contribution < -0.4 is 9.62 Å². The van der Waals surface area contributed by atoms with Gasteiger partial charge >= 0.3 is 0 Å². The second kappa shape index (κ2) is 14.5. The number of sulfonamides is 1. The first-order valence-corrected chi connectivity index (χ1v) is 16.3. The zero-order valence-electron chi connectivity index (χ0n) is 23.9. The lowest BCUT2D eigenvalue weighted by Crippen LogP contribution is -2.55. The van der Waals surface area contributed by atoms with E-state index in [2.05, 4.69) is 5.32 Å². The number of benzene rings is 3. The normalized spacial score (nSPS) is 14.5. The molecule has 0 aliphatic heterocycles. The monoisotopic (exact) mass is 626 g/mol. The quantitative estimate of drug-likeness (QED) is 0.220. The number of nitrogens with zero attached hydrogens (tertiary/aromatic N) is 3. The van der Waals surface area contributed by atoms with Crippen molar-refractivity contribution in [3.8, 4) is 0 Å². The molecule has 1 N–H and O–H groups in total. The minimum Gasteiger partial charge on any atom is -0.352 e. The molecular weight excluding hydrogens is 592 g/mol. The van der Waals surface area contributed by atoms with E-state index in [4.69, 9.17) is 11.6 Å². The predicted octanol–water partition coefficient (Wildman–Crippen LogP) is 5.10. The molecule has 2 amide bonds. The third kappa shape index (κ3) is 9.01. The van der Waals surface area contributed by atoms with E-state index in [0.717, 1.165) is 54.3 Å². The van der Waals surface area contributed by atoms with Crippen molar-refractivity contribution in [3.63, 3.8) is 0 Å². The fourth-order valence-corrected chi connectivity index (χ4v) is 6.36. The molecule has 0 saturated heterocycles. The van der Waals surface area contributed by atoms with E-state index in [1.54, 1.807) is 24.3 Å². The lowest BCUT2D eigenvalue weighted by atomic mass is 9.94. The van der Waals surface area contributed by atoms with Crippen molar-refractivity contribution in [1.82, 2.24) is 10.2 Å². The number of amides is 2. The molecular formula is C31H35ClN4O6S. The van der Waals surface area contributed by atoms with Crippen LogP contribution in [0.5, 0.6) is 0 Å². The Morgan fingerprint density at radius 1 is 0.977 bits per heavy atom. The van der Waals surface area contributed by atoms with E-state index in [1.807, 2.05) is 30.3 Å². The number of hydrogen-bond donors (Lipinski definition) is 1. The Kier molecular flexibility index (Phi) is 10.8.